The first kappa shape index (κ1) is 19.3. The molecule has 5 nitrogen and oxygen atoms in total. The van der Waals surface area contributed by atoms with E-state index >= 15 is 0 Å². The van der Waals surface area contributed by atoms with Gasteiger partial charge in [-0.15, -0.1) is 0 Å². The predicted molar refractivity (Wildman–Crippen MR) is 95.8 cm³/mol. The maximum absolute atomic E-state index is 14.1. The highest BCUT2D eigenvalue weighted by Crippen LogP contribution is 2.32. The molecule has 2 N–H and O–H groups in total. The lowest BCUT2D eigenvalue weighted by Crippen LogP contribution is -2.48. The van der Waals surface area contributed by atoms with Crippen molar-refractivity contribution in [2.75, 3.05) is 13.7 Å². The second-order valence-electron chi connectivity index (χ2n) is 6.74. The molecule has 154 valence electrons. The van der Waals surface area contributed by atoms with E-state index in [1.165, 1.54) is 25.3 Å². The van der Waals surface area contributed by atoms with E-state index in [1.807, 2.05) is 0 Å². The number of nitrogens with zero attached hydrogens (tertiary/aromatic N) is 2. The number of rotatable bonds is 3. The van der Waals surface area contributed by atoms with Crippen molar-refractivity contribution in [3.05, 3.63) is 58.7 Å². The van der Waals surface area contributed by atoms with Crippen LogP contribution < -0.4 is 5.32 Å². The third-order valence-corrected chi connectivity index (χ3v) is 4.91. The van der Waals surface area contributed by atoms with Gasteiger partial charge in [-0.2, -0.15) is 13.2 Å². The fourth-order valence-electron chi connectivity index (χ4n) is 3.52. The number of alkyl halides is 3. The quantitative estimate of drug-likeness (QED) is 0.756. The highest BCUT2D eigenvalue weighted by Gasteiger charge is 2.42. The summed E-state index contributed by atoms with van der Waals surface area (Å²) in [6, 6.07) is 5.24. The Morgan fingerprint density at radius 3 is 2.59 bits per heavy atom. The average Bonchev–Trinajstić information content (AvgIpc) is 3.09. The maximum Gasteiger partial charge on any atom is 0.429 e. The first-order valence-corrected chi connectivity index (χ1v) is 8.82. The van der Waals surface area contributed by atoms with Gasteiger partial charge >= 0.3 is 6.18 Å². The van der Waals surface area contributed by atoms with Crippen molar-refractivity contribution in [3.63, 3.8) is 0 Å². The lowest BCUT2D eigenvalue weighted by atomic mass is 10.1. The molecule has 4 rings (SSSR count). The van der Waals surface area contributed by atoms with E-state index in [4.69, 9.17) is 4.74 Å². The average molecular weight is 412 g/mol. The van der Waals surface area contributed by atoms with Crippen molar-refractivity contribution in [2.45, 2.75) is 25.3 Å². The van der Waals surface area contributed by atoms with Gasteiger partial charge in [-0.25, -0.2) is 8.78 Å². The van der Waals surface area contributed by atoms with Gasteiger partial charge in [-0.1, -0.05) is 6.07 Å². The zero-order chi connectivity index (χ0) is 20.8. The summed E-state index contributed by atoms with van der Waals surface area (Å²) >= 11 is 0. The fraction of sp³-hybridized carbons (Fsp3) is 0.316. The molecule has 0 bridgehead atoms. The Hall–Kier alpha value is -3.04. The van der Waals surface area contributed by atoms with Gasteiger partial charge in [0.1, 0.15) is 17.5 Å². The van der Waals surface area contributed by atoms with Crippen LogP contribution in [0.1, 0.15) is 11.3 Å². The van der Waals surface area contributed by atoms with E-state index in [9.17, 15) is 22.0 Å². The van der Waals surface area contributed by atoms with Crippen LogP contribution in [0.25, 0.3) is 11.3 Å². The van der Waals surface area contributed by atoms with Crippen LogP contribution in [0.4, 0.5) is 22.0 Å². The number of benzene rings is 1. The summed E-state index contributed by atoms with van der Waals surface area (Å²) in [5.41, 5.74) is 1.66. The molecule has 2 aliphatic heterocycles. The van der Waals surface area contributed by atoms with Crippen LogP contribution >= 0.6 is 0 Å². The van der Waals surface area contributed by atoms with Crippen LogP contribution in [0.3, 0.4) is 0 Å². The van der Waals surface area contributed by atoms with Crippen LogP contribution in [-0.4, -0.2) is 42.1 Å². The molecule has 10 heteroatoms. The molecule has 3 heterocycles. The Balaban J connectivity index is 1.63. The summed E-state index contributed by atoms with van der Waals surface area (Å²) in [5, 5.41) is 2.38. The van der Waals surface area contributed by atoms with Gasteiger partial charge in [-0.05, 0) is 23.8 Å². The third kappa shape index (κ3) is 3.54. The number of allylic oxidation sites excluding steroid dienone is 1. The van der Waals surface area contributed by atoms with Crippen LogP contribution in [0.2, 0.25) is 0 Å². The fourth-order valence-corrected chi connectivity index (χ4v) is 3.52. The maximum atomic E-state index is 14.1. The van der Waals surface area contributed by atoms with Crippen molar-refractivity contribution in [2.24, 2.45) is 4.99 Å². The molecule has 1 atom stereocenters. The minimum absolute atomic E-state index is 0.162. The van der Waals surface area contributed by atoms with Gasteiger partial charge in [0, 0.05) is 25.2 Å². The number of H-pyrrole nitrogens is 1. The number of ether oxygens (including phenoxy) is 1. The molecule has 0 aliphatic carbocycles. The Morgan fingerprint density at radius 2 is 1.93 bits per heavy atom. The largest absolute Gasteiger partial charge is 0.491 e. The molecular weight excluding hydrogens is 395 g/mol. The molecular formula is C19H17F5N4O. The number of aromatic nitrogens is 1. The van der Waals surface area contributed by atoms with E-state index in [-0.39, 0.29) is 23.7 Å². The molecule has 0 spiro atoms. The Bertz CT molecular complexity index is 975. The Kier molecular flexibility index (Phi) is 4.71. The zero-order valence-electron chi connectivity index (χ0n) is 15.3. The van der Waals surface area contributed by atoms with Crippen molar-refractivity contribution < 1.29 is 26.7 Å². The highest BCUT2D eigenvalue weighted by atomic mass is 19.4. The second kappa shape index (κ2) is 7.09. The Labute approximate surface area is 162 Å². The molecule has 29 heavy (non-hydrogen) atoms. The van der Waals surface area contributed by atoms with E-state index in [0.717, 1.165) is 17.5 Å². The molecule has 1 aromatic carbocycles. The molecule has 0 saturated carbocycles. The molecule has 1 unspecified atom stereocenters. The lowest BCUT2D eigenvalue weighted by Gasteiger charge is -2.35. The lowest BCUT2D eigenvalue weighted by molar-refractivity contribution is -0.153. The van der Waals surface area contributed by atoms with E-state index in [1.54, 1.807) is 11.0 Å². The summed E-state index contributed by atoms with van der Waals surface area (Å²) < 4.78 is 72.6. The van der Waals surface area contributed by atoms with Crippen LogP contribution in [-0.2, 0) is 17.7 Å². The summed E-state index contributed by atoms with van der Waals surface area (Å²) in [6.45, 7) is 0.635. The minimum Gasteiger partial charge on any atom is -0.491 e. The van der Waals surface area contributed by atoms with Gasteiger partial charge in [0.2, 0.25) is 6.17 Å². The molecule has 0 saturated heterocycles. The van der Waals surface area contributed by atoms with Gasteiger partial charge in [0.25, 0.3) is 0 Å². The van der Waals surface area contributed by atoms with Gasteiger partial charge in [-0.3, -0.25) is 4.99 Å². The number of halogens is 5. The van der Waals surface area contributed by atoms with Crippen molar-refractivity contribution in [3.8, 4) is 11.3 Å². The summed E-state index contributed by atoms with van der Waals surface area (Å²) in [7, 11) is 1.35. The second-order valence-corrected chi connectivity index (χ2v) is 6.74. The van der Waals surface area contributed by atoms with Crippen LogP contribution in [0, 0.1) is 11.6 Å². The minimum atomic E-state index is -4.55. The SMILES string of the molecule is COC1=C(N2CCc3[nH]c(-c4c(F)cccc4F)cc3C2)NC(C(F)(F)F)N=C1. The molecule has 0 amide bonds. The first-order valence-electron chi connectivity index (χ1n) is 8.82. The number of aliphatic imine (C=N–C) groups is 1. The van der Waals surface area contributed by atoms with Gasteiger partial charge in [0.15, 0.2) is 5.76 Å². The molecule has 1 aromatic heterocycles. The first-order chi connectivity index (χ1) is 13.8. The van der Waals surface area contributed by atoms with E-state index in [0.29, 0.717) is 18.7 Å². The Morgan fingerprint density at radius 1 is 1.21 bits per heavy atom. The summed E-state index contributed by atoms with van der Waals surface area (Å²) in [5.74, 6) is -1.02. The monoisotopic (exact) mass is 412 g/mol. The van der Waals surface area contributed by atoms with Gasteiger partial charge < -0.3 is 19.9 Å². The normalized spacial score (nSPS) is 19.2. The predicted octanol–water partition coefficient (Wildman–Crippen LogP) is 3.70. The summed E-state index contributed by atoms with van der Waals surface area (Å²) in [6.07, 6.45) is -5.10. The van der Waals surface area contributed by atoms with Crippen molar-refractivity contribution in [1.29, 1.82) is 0 Å². The number of nitrogens with one attached hydrogen (secondary N) is 2. The number of hydrogen-bond donors (Lipinski definition) is 2. The highest BCUT2D eigenvalue weighted by molar-refractivity contribution is 5.78. The van der Waals surface area contributed by atoms with E-state index in [2.05, 4.69) is 15.3 Å². The van der Waals surface area contributed by atoms with E-state index < -0.39 is 24.0 Å². The van der Waals surface area contributed by atoms with Crippen LogP contribution in [0.15, 0.2) is 40.8 Å². The topological polar surface area (TPSA) is 52.6 Å². The standard InChI is InChI=1S/C19H17F5N4O/c1-29-15-8-25-18(19(22,23)24)27-17(15)28-6-5-13-10(9-28)7-14(26-13)16-11(20)3-2-4-12(16)21/h2-4,7-8,18,26-27H,5-6,9H2,1H3. The molecule has 2 aliphatic rings. The van der Waals surface area contributed by atoms with Crippen molar-refractivity contribution in [1.82, 2.24) is 15.2 Å². The number of methoxy groups -OCH3 is 1. The zero-order valence-corrected chi connectivity index (χ0v) is 15.3. The molecule has 2 aromatic rings. The summed E-state index contributed by atoms with van der Waals surface area (Å²) in [4.78, 5) is 8.17. The van der Waals surface area contributed by atoms with Crippen molar-refractivity contribution >= 4 is 6.21 Å². The molecule has 0 radical (unpaired) electrons. The number of fused-ring (bicyclic) bond motifs is 1. The molecule has 0 fully saturated rings. The third-order valence-electron chi connectivity index (χ3n) is 4.91. The number of aromatic amines is 1. The van der Waals surface area contributed by atoms with Crippen LogP contribution in [0.5, 0.6) is 0 Å². The smallest absolute Gasteiger partial charge is 0.429 e. The number of hydrogen-bond acceptors (Lipinski definition) is 4. The van der Waals surface area contributed by atoms with Gasteiger partial charge in [0.05, 0.1) is 24.6 Å².